The quantitative estimate of drug-likeness (QED) is 0.0715. The topological polar surface area (TPSA) is 51.6 Å². The third-order valence-electron chi connectivity index (χ3n) is 11.8. The van der Waals surface area contributed by atoms with Crippen molar-refractivity contribution < 1.29 is 42.1 Å². The van der Waals surface area contributed by atoms with Gasteiger partial charge in [0.25, 0.3) is 0 Å². The Morgan fingerprint density at radius 2 is 1.04 bits per heavy atom. The standard InChI is InChI=1S/C44H44N4S6Si.2W/c1-5-9-13-27(7-3)25-55(26-28(8-4)14-10-6-2)37-23-35(31-19-17-29(33-15-11-21-49-33)39-41(31)47-53-45-39)51-43(37)44-38(55)24-36(52-44)32-20-18-30(34-16-12-22-50-34)40-42(32)48-54-46-40;;/h11-12,15-18,21-24,27-28H,5-10,13-14,25-26H2,1-4H3;;/q-2;;. The molecule has 2 aromatic carbocycles. The minimum Gasteiger partial charge on any atom is -0.224 e. The zero-order valence-corrected chi connectivity index (χ0v) is 44.3. The van der Waals surface area contributed by atoms with Gasteiger partial charge in [-0.3, -0.25) is 0 Å². The van der Waals surface area contributed by atoms with Gasteiger partial charge in [-0.1, -0.05) is 127 Å². The zero-order valence-electron chi connectivity index (χ0n) is 32.6. The van der Waals surface area contributed by atoms with E-state index in [1.54, 1.807) is 33.0 Å². The largest absolute Gasteiger partial charge is 0.224 e. The molecule has 0 spiro atoms. The number of benzene rings is 2. The van der Waals surface area contributed by atoms with Crippen molar-refractivity contribution in [2.75, 3.05) is 0 Å². The molecule has 0 bridgehead atoms. The number of rotatable bonds is 16. The smallest absolute Gasteiger partial charge is 0.120 e. The molecule has 13 heteroatoms. The molecule has 0 fully saturated rings. The van der Waals surface area contributed by atoms with Crippen molar-refractivity contribution in [2.45, 2.75) is 91.1 Å². The van der Waals surface area contributed by atoms with Crippen molar-refractivity contribution in [2.24, 2.45) is 11.8 Å². The van der Waals surface area contributed by atoms with Crippen LogP contribution in [0.1, 0.15) is 79.1 Å². The molecule has 0 aliphatic carbocycles. The van der Waals surface area contributed by atoms with E-state index in [0.29, 0.717) is 0 Å². The van der Waals surface area contributed by atoms with Gasteiger partial charge in [0.2, 0.25) is 0 Å². The number of fused-ring (bicyclic) bond motifs is 5. The fourth-order valence-corrected chi connectivity index (χ4v) is 21.9. The van der Waals surface area contributed by atoms with Crippen molar-refractivity contribution in [1.29, 1.82) is 0 Å². The number of thiophene rings is 4. The number of unbranched alkanes of at least 4 members (excludes halogenated alkanes) is 2. The minimum atomic E-state index is -2.25. The van der Waals surface area contributed by atoms with E-state index in [-0.39, 0.29) is 42.1 Å². The molecule has 294 valence electrons. The van der Waals surface area contributed by atoms with Gasteiger partial charge in [-0.2, -0.15) is 54.1 Å². The molecule has 2 unspecified atom stereocenters. The number of aromatic nitrogens is 4. The van der Waals surface area contributed by atoms with E-state index < -0.39 is 8.07 Å². The number of hydrogen-bond donors (Lipinski definition) is 0. The van der Waals surface area contributed by atoms with Crippen LogP contribution >= 0.6 is 68.8 Å². The van der Waals surface area contributed by atoms with Gasteiger partial charge in [0.05, 0.1) is 23.5 Å². The third-order valence-corrected chi connectivity index (χ3v) is 22.9. The molecule has 2 atom stereocenters. The van der Waals surface area contributed by atoms with Crippen LogP contribution in [0.5, 0.6) is 0 Å². The Kier molecular flexibility index (Phi) is 14.5. The van der Waals surface area contributed by atoms with Gasteiger partial charge in [0, 0.05) is 74.0 Å². The summed E-state index contributed by atoms with van der Waals surface area (Å²) in [5.41, 5.74) is 8.44. The molecule has 57 heavy (non-hydrogen) atoms. The molecular formula is C44H44N4S6SiW2-2. The Morgan fingerprint density at radius 3 is 1.42 bits per heavy atom. The van der Waals surface area contributed by atoms with E-state index in [0.717, 1.165) is 56.2 Å². The van der Waals surface area contributed by atoms with Crippen LogP contribution in [0.15, 0.2) is 59.3 Å². The molecule has 7 heterocycles. The van der Waals surface area contributed by atoms with Crippen LogP contribution in [-0.4, -0.2) is 25.6 Å². The summed E-state index contributed by atoms with van der Waals surface area (Å²) in [6, 6.07) is 28.3. The second-order valence-electron chi connectivity index (χ2n) is 15.1. The molecule has 6 aromatic heterocycles. The fourth-order valence-electron chi connectivity index (χ4n) is 8.85. The maximum atomic E-state index is 4.92. The van der Waals surface area contributed by atoms with Crippen molar-refractivity contribution in [3.8, 4) is 51.5 Å². The predicted octanol–water partition coefficient (Wildman–Crippen LogP) is 14.2. The van der Waals surface area contributed by atoms with Crippen molar-refractivity contribution in [3.05, 3.63) is 71.4 Å². The van der Waals surface area contributed by atoms with Gasteiger partial charge in [-0.25, -0.2) is 8.75 Å². The van der Waals surface area contributed by atoms with Crippen LogP contribution in [0, 0.1) is 24.0 Å². The molecule has 0 N–H and O–H groups in total. The van der Waals surface area contributed by atoms with Gasteiger partial charge >= 0.3 is 0 Å². The van der Waals surface area contributed by atoms with E-state index >= 15 is 0 Å². The van der Waals surface area contributed by atoms with E-state index in [2.05, 4.69) is 99.1 Å². The summed E-state index contributed by atoms with van der Waals surface area (Å²) in [5.74, 6) is 1.44. The summed E-state index contributed by atoms with van der Waals surface area (Å²) >= 11 is 10.1. The first-order valence-electron chi connectivity index (χ1n) is 19.8. The SMILES string of the molecule is CCCCC(CC)C[Si]1(CC(CC)CCCC)c2cc(-c3[c-]cc(-c4cccs4)c4nsnc34)sc2-c2sc(-c3[c-]cc(-c4cccs4)c4nsnc34)cc21.[W].[W]. The van der Waals surface area contributed by atoms with Gasteiger partial charge in [0.15, 0.2) is 0 Å². The summed E-state index contributed by atoms with van der Waals surface area (Å²) in [6.45, 7) is 9.58. The van der Waals surface area contributed by atoms with Crippen molar-refractivity contribution in [3.63, 3.8) is 0 Å². The van der Waals surface area contributed by atoms with E-state index in [1.807, 2.05) is 22.7 Å². The van der Waals surface area contributed by atoms with Crippen LogP contribution < -0.4 is 10.4 Å². The molecule has 1 aliphatic rings. The Balaban J connectivity index is 0.00000248. The van der Waals surface area contributed by atoms with Crippen LogP contribution in [-0.2, 0) is 42.1 Å². The fraction of sp³-hybridized carbons (Fsp3) is 0.364. The minimum absolute atomic E-state index is 0. The second-order valence-corrected chi connectivity index (χ2v) is 24.2. The van der Waals surface area contributed by atoms with E-state index in [9.17, 15) is 0 Å². The maximum absolute atomic E-state index is 4.92. The van der Waals surface area contributed by atoms with Gasteiger partial charge in [-0.15, -0.1) is 35.4 Å². The molecule has 0 saturated heterocycles. The van der Waals surface area contributed by atoms with E-state index in [4.69, 9.17) is 17.5 Å². The van der Waals surface area contributed by atoms with Gasteiger partial charge in [-0.05, 0) is 64.6 Å². The summed E-state index contributed by atoms with van der Waals surface area (Å²) in [5, 5.41) is 7.62. The first-order valence-corrected chi connectivity index (χ1v) is 27.0. The molecule has 0 radical (unpaired) electrons. The molecule has 1 aliphatic heterocycles. The first kappa shape index (κ1) is 43.6. The molecule has 8 aromatic rings. The van der Waals surface area contributed by atoms with Crippen molar-refractivity contribution in [1.82, 2.24) is 17.5 Å². The van der Waals surface area contributed by atoms with Crippen LogP contribution in [0.3, 0.4) is 0 Å². The van der Waals surface area contributed by atoms with E-state index in [1.165, 1.54) is 116 Å². The third kappa shape index (κ3) is 8.05. The Labute approximate surface area is 390 Å². The molecule has 0 amide bonds. The average Bonchev–Trinajstić information content (AvgIpc) is 4.06. The number of hydrogen-bond acceptors (Lipinski definition) is 10. The Bertz CT molecular complexity index is 2370. The maximum Gasteiger partial charge on any atom is 0.120 e. The second kappa shape index (κ2) is 19.0. The van der Waals surface area contributed by atoms with Gasteiger partial charge < -0.3 is 0 Å². The molecule has 0 saturated carbocycles. The first-order chi connectivity index (χ1) is 27.1. The Morgan fingerprint density at radius 1 is 0.596 bits per heavy atom. The predicted molar refractivity (Wildman–Crippen MR) is 246 cm³/mol. The van der Waals surface area contributed by atoms with Crippen LogP contribution in [0.4, 0.5) is 0 Å². The molecular weight excluding hydrogens is 1170 g/mol. The average molecular weight is 1220 g/mol. The zero-order chi connectivity index (χ0) is 37.5. The summed E-state index contributed by atoms with van der Waals surface area (Å²) in [4.78, 5) is 8.02. The number of nitrogens with zero attached hydrogens (tertiary/aromatic N) is 4. The van der Waals surface area contributed by atoms with Crippen LogP contribution in [0.2, 0.25) is 12.1 Å². The van der Waals surface area contributed by atoms with Gasteiger partial charge in [0.1, 0.15) is 8.07 Å². The molecule has 9 rings (SSSR count). The monoisotopic (exact) mass is 1220 g/mol. The van der Waals surface area contributed by atoms with Crippen molar-refractivity contribution >= 4 is 109 Å². The summed E-state index contributed by atoms with van der Waals surface area (Å²) in [6.07, 6.45) is 10.2. The van der Waals surface area contributed by atoms with Crippen LogP contribution in [0.25, 0.3) is 73.6 Å². The Hall–Kier alpha value is -1.53. The normalized spacial score (nSPS) is 14.0. The summed E-state index contributed by atoms with van der Waals surface area (Å²) in [7, 11) is -2.25. The summed E-state index contributed by atoms with van der Waals surface area (Å²) < 4.78 is 19.5. The molecule has 4 nitrogen and oxygen atoms in total.